The Bertz CT molecular complexity index is 311. The fourth-order valence-corrected chi connectivity index (χ4v) is 2.32. The zero-order valence-corrected chi connectivity index (χ0v) is 9.00. The molecule has 2 rings (SSSR count). The van der Waals surface area contributed by atoms with E-state index in [1.807, 2.05) is 18.2 Å². The third-order valence-electron chi connectivity index (χ3n) is 3.35. The van der Waals surface area contributed by atoms with Crippen molar-refractivity contribution in [1.82, 2.24) is 0 Å². The molecular weight excluding hydrogens is 208 g/mol. The Morgan fingerprint density at radius 3 is 2.06 bits per heavy atom. The largest absolute Gasteiger partial charge is 0.249 e. The number of hydrogen-bond donors (Lipinski definition) is 2. The highest BCUT2D eigenvalue weighted by atomic mass is 17.2. The van der Waals surface area contributed by atoms with Gasteiger partial charge in [-0.25, -0.2) is 20.3 Å². The first kappa shape index (κ1) is 11.5. The van der Waals surface area contributed by atoms with Crippen molar-refractivity contribution in [2.45, 2.75) is 37.4 Å². The van der Waals surface area contributed by atoms with Crippen LogP contribution in [-0.2, 0) is 9.78 Å². The molecule has 1 aromatic rings. The van der Waals surface area contributed by atoms with Crippen LogP contribution in [0, 0.1) is 0 Å². The van der Waals surface area contributed by atoms with Gasteiger partial charge in [0.05, 0.1) is 0 Å². The molecule has 1 aromatic carbocycles. The molecule has 2 N–H and O–H groups in total. The molecule has 0 atom stereocenters. The van der Waals surface area contributed by atoms with Crippen LogP contribution in [0.2, 0.25) is 0 Å². The number of benzene rings is 1. The van der Waals surface area contributed by atoms with Gasteiger partial charge in [0.1, 0.15) is 0 Å². The van der Waals surface area contributed by atoms with Gasteiger partial charge in [0, 0.05) is 12.8 Å². The van der Waals surface area contributed by atoms with Crippen molar-refractivity contribution in [3.8, 4) is 0 Å². The highest BCUT2D eigenvalue weighted by molar-refractivity contribution is 5.20. The lowest BCUT2D eigenvalue weighted by atomic mass is 9.81. The van der Waals surface area contributed by atoms with Crippen LogP contribution in [0.4, 0.5) is 0 Å². The predicted octanol–water partition coefficient (Wildman–Crippen LogP) is 3.02. The average Bonchev–Trinajstić information content (AvgIpc) is 2.40. The van der Waals surface area contributed by atoms with Crippen molar-refractivity contribution in [2.75, 3.05) is 0 Å². The maximum atomic E-state index is 8.71. The van der Waals surface area contributed by atoms with Gasteiger partial charge in [-0.15, -0.1) is 0 Å². The van der Waals surface area contributed by atoms with Crippen LogP contribution in [0.15, 0.2) is 30.3 Å². The quantitative estimate of drug-likeness (QED) is 0.470. The van der Waals surface area contributed by atoms with Crippen LogP contribution in [-0.4, -0.2) is 16.3 Å². The number of hydrogen-bond acceptors (Lipinski definition) is 4. The summed E-state index contributed by atoms with van der Waals surface area (Å²) in [5.74, 6) is -0.773. The van der Waals surface area contributed by atoms with Crippen LogP contribution in [0.1, 0.15) is 37.2 Å². The lowest BCUT2D eigenvalue weighted by molar-refractivity contribution is -0.492. The second kappa shape index (κ2) is 4.93. The van der Waals surface area contributed by atoms with Gasteiger partial charge in [-0.1, -0.05) is 30.3 Å². The first-order chi connectivity index (χ1) is 7.79. The first-order valence-corrected chi connectivity index (χ1v) is 5.50. The normalized spacial score (nSPS) is 20.9. The maximum absolute atomic E-state index is 8.71. The summed E-state index contributed by atoms with van der Waals surface area (Å²) in [4.78, 5) is 8.48. The summed E-state index contributed by atoms with van der Waals surface area (Å²) in [5.41, 5.74) is 1.28. The van der Waals surface area contributed by atoms with Crippen LogP contribution in [0.25, 0.3) is 0 Å². The topological polar surface area (TPSA) is 58.9 Å². The molecule has 0 spiro atoms. The standard InChI is InChI=1S/C12H16O4/c13-15-12(16-14)8-6-11(7-9-12)10-4-2-1-3-5-10/h1-5,11,13-14H,6-9H2. The molecule has 4 nitrogen and oxygen atoms in total. The maximum Gasteiger partial charge on any atom is 0.233 e. The summed E-state index contributed by atoms with van der Waals surface area (Å²) >= 11 is 0. The zero-order valence-electron chi connectivity index (χ0n) is 9.00. The molecule has 4 heteroatoms. The van der Waals surface area contributed by atoms with E-state index in [2.05, 4.69) is 21.9 Å². The lowest BCUT2D eigenvalue weighted by Gasteiger charge is -2.34. The van der Waals surface area contributed by atoms with E-state index in [0.29, 0.717) is 18.8 Å². The van der Waals surface area contributed by atoms with Gasteiger partial charge in [-0.3, -0.25) is 0 Å². The molecule has 0 aromatic heterocycles. The van der Waals surface area contributed by atoms with Gasteiger partial charge in [0.2, 0.25) is 5.79 Å². The summed E-state index contributed by atoms with van der Waals surface area (Å²) in [5, 5.41) is 17.4. The number of rotatable bonds is 3. The Balaban J connectivity index is 2.00. The van der Waals surface area contributed by atoms with Crippen LogP contribution < -0.4 is 0 Å². The molecule has 0 bridgehead atoms. The van der Waals surface area contributed by atoms with E-state index in [4.69, 9.17) is 10.5 Å². The van der Waals surface area contributed by atoms with Gasteiger partial charge in [-0.2, -0.15) is 0 Å². The van der Waals surface area contributed by atoms with Gasteiger partial charge < -0.3 is 0 Å². The molecule has 0 heterocycles. The van der Waals surface area contributed by atoms with Crippen molar-refractivity contribution in [3.63, 3.8) is 0 Å². The monoisotopic (exact) mass is 224 g/mol. The highest BCUT2D eigenvalue weighted by Crippen LogP contribution is 2.39. The van der Waals surface area contributed by atoms with Crippen molar-refractivity contribution < 1.29 is 20.3 Å². The minimum atomic E-state index is -1.22. The van der Waals surface area contributed by atoms with E-state index in [1.165, 1.54) is 5.56 Å². The smallest absolute Gasteiger partial charge is 0.233 e. The van der Waals surface area contributed by atoms with E-state index >= 15 is 0 Å². The Morgan fingerprint density at radius 1 is 1.00 bits per heavy atom. The van der Waals surface area contributed by atoms with Crippen LogP contribution in [0.5, 0.6) is 0 Å². The van der Waals surface area contributed by atoms with Crippen molar-refractivity contribution >= 4 is 0 Å². The molecule has 1 fully saturated rings. The second-order valence-electron chi connectivity index (χ2n) is 4.28. The molecule has 16 heavy (non-hydrogen) atoms. The molecule has 0 amide bonds. The van der Waals surface area contributed by atoms with Crippen LogP contribution >= 0.6 is 0 Å². The Hall–Kier alpha value is -0.940. The summed E-state index contributed by atoms with van der Waals surface area (Å²) in [7, 11) is 0. The van der Waals surface area contributed by atoms with E-state index < -0.39 is 5.79 Å². The minimum absolute atomic E-state index is 0.444. The molecule has 0 radical (unpaired) electrons. The minimum Gasteiger partial charge on any atom is -0.249 e. The third-order valence-corrected chi connectivity index (χ3v) is 3.35. The molecule has 1 aliphatic carbocycles. The fraction of sp³-hybridized carbons (Fsp3) is 0.500. The van der Waals surface area contributed by atoms with Crippen molar-refractivity contribution in [2.24, 2.45) is 0 Å². The molecule has 1 aliphatic rings. The molecule has 88 valence electrons. The molecular formula is C12H16O4. The molecule has 0 aliphatic heterocycles. The van der Waals surface area contributed by atoms with Gasteiger partial charge in [-0.05, 0) is 24.3 Å². The van der Waals surface area contributed by atoms with E-state index in [-0.39, 0.29) is 0 Å². The van der Waals surface area contributed by atoms with E-state index in [0.717, 1.165) is 12.8 Å². The zero-order chi connectivity index (χ0) is 11.4. The Morgan fingerprint density at radius 2 is 1.56 bits per heavy atom. The van der Waals surface area contributed by atoms with Crippen LogP contribution in [0.3, 0.4) is 0 Å². The van der Waals surface area contributed by atoms with Gasteiger partial charge in [0.15, 0.2) is 0 Å². The summed E-state index contributed by atoms with van der Waals surface area (Å²) in [6.45, 7) is 0. The second-order valence-corrected chi connectivity index (χ2v) is 4.28. The van der Waals surface area contributed by atoms with Crippen molar-refractivity contribution in [1.29, 1.82) is 0 Å². The van der Waals surface area contributed by atoms with Gasteiger partial charge in [0.25, 0.3) is 0 Å². The fourth-order valence-electron chi connectivity index (χ4n) is 2.32. The summed E-state index contributed by atoms with van der Waals surface area (Å²) in [6.07, 6.45) is 2.62. The SMILES string of the molecule is OOC1(OO)CCC(c2ccccc2)CC1. The highest BCUT2D eigenvalue weighted by Gasteiger charge is 2.39. The summed E-state index contributed by atoms with van der Waals surface area (Å²) < 4.78 is 0. The van der Waals surface area contributed by atoms with E-state index in [1.54, 1.807) is 0 Å². The van der Waals surface area contributed by atoms with Gasteiger partial charge >= 0.3 is 0 Å². The Labute approximate surface area is 94.3 Å². The molecule has 0 saturated heterocycles. The average molecular weight is 224 g/mol. The predicted molar refractivity (Wildman–Crippen MR) is 57.8 cm³/mol. The summed E-state index contributed by atoms with van der Waals surface area (Å²) in [6, 6.07) is 10.2. The molecule has 1 saturated carbocycles. The Kier molecular flexibility index (Phi) is 3.56. The first-order valence-electron chi connectivity index (χ1n) is 5.50. The third kappa shape index (κ3) is 2.25. The van der Waals surface area contributed by atoms with Crippen molar-refractivity contribution in [3.05, 3.63) is 35.9 Å². The lowest BCUT2D eigenvalue weighted by Crippen LogP contribution is -2.37. The van der Waals surface area contributed by atoms with E-state index in [9.17, 15) is 0 Å². The molecule has 0 unspecified atom stereocenters.